The van der Waals surface area contributed by atoms with Crippen molar-refractivity contribution in [1.82, 2.24) is 10.2 Å². The van der Waals surface area contributed by atoms with Crippen LogP contribution in [0.4, 0.5) is 0 Å². The van der Waals surface area contributed by atoms with Crippen LogP contribution in [0.2, 0.25) is 0 Å². The summed E-state index contributed by atoms with van der Waals surface area (Å²) in [5.41, 5.74) is 3.05. The Bertz CT molecular complexity index is 882. The summed E-state index contributed by atoms with van der Waals surface area (Å²) in [5.74, 6) is 1.11. The van der Waals surface area contributed by atoms with Crippen LogP contribution in [0, 0.1) is 5.41 Å². The molecule has 2 aromatic rings. The van der Waals surface area contributed by atoms with Gasteiger partial charge in [0.05, 0.1) is 12.0 Å². The number of carbonyl (C=O) groups is 1. The Balaban J connectivity index is 1.49. The summed E-state index contributed by atoms with van der Waals surface area (Å²) in [4.78, 5) is 15.8. The number of benzene rings is 2. The van der Waals surface area contributed by atoms with E-state index in [1.54, 1.807) is 0 Å². The number of rotatable bonds is 7. The van der Waals surface area contributed by atoms with E-state index in [1.165, 1.54) is 5.56 Å². The van der Waals surface area contributed by atoms with Gasteiger partial charge in [0.1, 0.15) is 5.75 Å². The highest BCUT2D eigenvalue weighted by Gasteiger charge is 2.41. The number of para-hydroxylation sites is 1. The molecule has 2 aliphatic heterocycles. The molecule has 5 heteroatoms. The van der Waals surface area contributed by atoms with E-state index in [0.29, 0.717) is 19.8 Å². The molecule has 2 saturated heterocycles. The van der Waals surface area contributed by atoms with Gasteiger partial charge in [-0.1, -0.05) is 42.5 Å². The lowest BCUT2D eigenvalue weighted by Gasteiger charge is -2.38. The Hall–Kier alpha value is -2.37. The van der Waals surface area contributed by atoms with Crippen LogP contribution in [0.15, 0.2) is 48.5 Å². The van der Waals surface area contributed by atoms with Crippen molar-refractivity contribution >= 4 is 5.91 Å². The molecular weight excluding hydrogens is 400 g/mol. The lowest BCUT2D eigenvalue weighted by atomic mass is 9.74. The van der Waals surface area contributed by atoms with Gasteiger partial charge < -0.3 is 19.7 Å². The zero-order valence-corrected chi connectivity index (χ0v) is 19.4. The van der Waals surface area contributed by atoms with Crippen molar-refractivity contribution in [3.8, 4) is 16.9 Å². The molecular formula is C27H36N2O3. The first-order valence-corrected chi connectivity index (χ1v) is 12.0. The highest BCUT2D eigenvalue weighted by Crippen LogP contribution is 2.36. The number of piperidine rings is 1. The average Bonchev–Trinajstić information content (AvgIpc) is 2.82. The van der Waals surface area contributed by atoms with Crippen LogP contribution in [0.25, 0.3) is 11.1 Å². The van der Waals surface area contributed by atoms with Gasteiger partial charge in [0.15, 0.2) is 0 Å². The molecule has 32 heavy (non-hydrogen) atoms. The van der Waals surface area contributed by atoms with E-state index in [0.717, 1.165) is 62.1 Å². The van der Waals surface area contributed by atoms with E-state index in [1.807, 2.05) is 25.1 Å². The van der Waals surface area contributed by atoms with Crippen molar-refractivity contribution in [3.05, 3.63) is 54.1 Å². The van der Waals surface area contributed by atoms with E-state index >= 15 is 0 Å². The topological polar surface area (TPSA) is 50.8 Å². The molecule has 0 spiro atoms. The van der Waals surface area contributed by atoms with Gasteiger partial charge in [-0.3, -0.25) is 4.79 Å². The molecule has 1 N–H and O–H groups in total. The Kier molecular flexibility index (Phi) is 7.48. The van der Waals surface area contributed by atoms with Crippen molar-refractivity contribution < 1.29 is 14.3 Å². The minimum atomic E-state index is -0.383. The fourth-order valence-electron chi connectivity index (χ4n) is 4.92. The SMILES string of the molecule is CCOc1ccccc1-c1ccc(CC2(C(=O)NC3CCN(C)CC3)CCOCC2)cc1. The van der Waals surface area contributed by atoms with Gasteiger partial charge in [-0.05, 0) is 76.4 Å². The lowest BCUT2D eigenvalue weighted by Crippen LogP contribution is -2.51. The number of hydrogen-bond acceptors (Lipinski definition) is 4. The number of nitrogens with one attached hydrogen (secondary N) is 1. The Labute approximate surface area is 192 Å². The first-order chi connectivity index (χ1) is 15.6. The minimum Gasteiger partial charge on any atom is -0.493 e. The highest BCUT2D eigenvalue weighted by atomic mass is 16.5. The number of hydrogen-bond donors (Lipinski definition) is 1. The number of likely N-dealkylation sites (tertiary alicyclic amines) is 1. The molecule has 2 heterocycles. The first kappa shape index (κ1) is 22.8. The normalized spacial score (nSPS) is 19.4. The molecule has 2 aromatic carbocycles. The molecule has 4 rings (SSSR count). The zero-order valence-electron chi connectivity index (χ0n) is 19.4. The molecule has 2 aliphatic rings. The molecule has 0 atom stereocenters. The number of nitrogens with zero attached hydrogens (tertiary/aromatic N) is 1. The molecule has 0 saturated carbocycles. The highest BCUT2D eigenvalue weighted by molar-refractivity contribution is 5.83. The Morgan fingerprint density at radius 2 is 1.78 bits per heavy atom. The van der Waals surface area contributed by atoms with E-state index in [4.69, 9.17) is 9.47 Å². The summed E-state index contributed by atoms with van der Waals surface area (Å²) < 4.78 is 11.4. The van der Waals surface area contributed by atoms with Crippen molar-refractivity contribution in [2.75, 3.05) is 40.0 Å². The van der Waals surface area contributed by atoms with E-state index in [2.05, 4.69) is 47.6 Å². The predicted octanol–water partition coefficient (Wildman–Crippen LogP) is 4.30. The third-order valence-electron chi connectivity index (χ3n) is 6.98. The Morgan fingerprint density at radius 3 is 2.47 bits per heavy atom. The quantitative estimate of drug-likeness (QED) is 0.703. The van der Waals surface area contributed by atoms with Crippen LogP contribution in [0.3, 0.4) is 0 Å². The molecule has 172 valence electrons. The fourth-order valence-corrected chi connectivity index (χ4v) is 4.92. The van der Waals surface area contributed by atoms with Gasteiger partial charge in [-0.15, -0.1) is 0 Å². The van der Waals surface area contributed by atoms with Gasteiger partial charge in [-0.25, -0.2) is 0 Å². The maximum absolute atomic E-state index is 13.5. The lowest BCUT2D eigenvalue weighted by molar-refractivity contribution is -0.137. The summed E-state index contributed by atoms with van der Waals surface area (Å²) in [5, 5.41) is 3.39. The smallest absolute Gasteiger partial charge is 0.226 e. The summed E-state index contributed by atoms with van der Waals surface area (Å²) in [6, 6.07) is 17.1. The van der Waals surface area contributed by atoms with Gasteiger partial charge >= 0.3 is 0 Å². The van der Waals surface area contributed by atoms with Crippen molar-refractivity contribution in [2.45, 2.75) is 45.1 Å². The largest absolute Gasteiger partial charge is 0.493 e. The molecule has 0 bridgehead atoms. The maximum Gasteiger partial charge on any atom is 0.226 e. The van der Waals surface area contributed by atoms with E-state index < -0.39 is 0 Å². The summed E-state index contributed by atoms with van der Waals surface area (Å²) in [6.07, 6.45) is 4.37. The molecule has 2 fully saturated rings. The number of carbonyl (C=O) groups excluding carboxylic acids is 1. The average molecular weight is 437 g/mol. The zero-order chi connectivity index (χ0) is 22.4. The van der Waals surface area contributed by atoms with E-state index in [9.17, 15) is 4.79 Å². The van der Waals surface area contributed by atoms with Crippen molar-refractivity contribution in [1.29, 1.82) is 0 Å². The molecule has 0 aromatic heterocycles. The standard InChI is InChI=1S/C27H36N2O3/c1-3-32-25-7-5-4-6-24(25)22-10-8-21(9-11-22)20-27(14-18-31-19-15-27)26(30)28-23-12-16-29(2)17-13-23/h4-11,23H,3,12-20H2,1-2H3,(H,28,30). The van der Waals surface area contributed by atoms with Crippen LogP contribution in [0.5, 0.6) is 5.75 Å². The van der Waals surface area contributed by atoms with Crippen LogP contribution in [-0.2, 0) is 16.0 Å². The molecule has 0 radical (unpaired) electrons. The van der Waals surface area contributed by atoms with Gasteiger partial charge in [-0.2, -0.15) is 0 Å². The Morgan fingerprint density at radius 1 is 1.09 bits per heavy atom. The fraction of sp³-hybridized carbons (Fsp3) is 0.519. The van der Waals surface area contributed by atoms with Crippen LogP contribution >= 0.6 is 0 Å². The summed E-state index contributed by atoms with van der Waals surface area (Å²) in [7, 11) is 2.15. The van der Waals surface area contributed by atoms with Crippen molar-refractivity contribution in [3.63, 3.8) is 0 Å². The van der Waals surface area contributed by atoms with Crippen molar-refractivity contribution in [2.24, 2.45) is 5.41 Å². The third kappa shape index (κ3) is 5.33. The monoisotopic (exact) mass is 436 g/mol. The molecule has 1 amide bonds. The van der Waals surface area contributed by atoms with Gasteiger partial charge in [0, 0.05) is 24.8 Å². The molecule has 0 aliphatic carbocycles. The van der Waals surface area contributed by atoms with Crippen LogP contribution in [-0.4, -0.2) is 56.8 Å². The molecule has 5 nitrogen and oxygen atoms in total. The predicted molar refractivity (Wildman–Crippen MR) is 128 cm³/mol. The second-order valence-electron chi connectivity index (χ2n) is 9.25. The maximum atomic E-state index is 13.5. The van der Waals surface area contributed by atoms with E-state index in [-0.39, 0.29) is 17.4 Å². The second kappa shape index (κ2) is 10.5. The molecule has 0 unspecified atom stereocenters. The van der Waals surface area contributed by atoms with Crippen LogP contribution in [0.1, 0.15) is 38.2 Å². The van der Waals surface area contributed by atoms with Gasteiger partial charge in [0.2, 0.25) is 5.91 Å². The summed E-state index contributed by atoms with van der Waals surface area (Å²) in [6.45, 7) is 6.05. The number of ether oxygens (including phenoxy) is 2. The summed E-state index contributed by atoms with van der Waals surface area (Å²) >= 11 is 0. The third-order valence-corrected chi connectivity index (χ3v) is 6.98. The minimum absolute atomic E-state index is 0.209. The number of amides is 1. The first-order valence-electron chi connectivity index (χ1n) is 12.0. The van der Waals surface area contributed by atoms with Crippen LogP contribution < -0.4 is 10.1 Å². The van der Waals surface area contributed by atoms with Gasteiger partial charge in [0.25, 0.3) is 0 Å². The second-order valence-corrected chi connectivity index (χ2v) is 9.25.